The number of benzene rings is 1. The Morgan fingerprint density at radius 1 is 1.27 bits per heavy atom. The van der Waals surface area contributed by atoms with Gasteiger partial charge in [0.2, 0.25) is 17.5 Å². The van der Waals surface area contributed by atoms with Gasteiger partial charge in [-0.25, -0.2) is 0 Å². The van der Waals surface area contributed by atoms with E-state index in [2.05, 4.69) is 11.1 Å². The van der Waals surface area contributed by atoms with Crippen LogP contribution in [0.3, 0.4) is 0 Å². The van der Waals surface area contributed by atoms with Crippen molar-refractivity contribution in [1.29, 1.82) is 5.26 Å². The number of rotatable bonds is 2. The Labute approximate surface area is 134 Å². The van der Waals surface area contributed by atoms with Gasteiger partial charge in [0.05, 0.1) is 22.8 Å². The van der Waals surface area contributed by atoms with E-state index in [-0.39, 0.29) is 17.9 Å². The van der Waals surface area contributed by atoms with E-state index in [9.17, 15) is 5.26 Å². The molecule has 1 saturated heterocycles. The molecular formula is C16H16ClN3O2. The minimum Gasteiger partial charge on any atom is -0.419 e. The molecule has 1 aromatic heterocycles. The fourth-order valence-corrected chi connectivity index (χ4v) is 2.91. The fraction of sp³-hybridized carbons (Fsp3) is 0.375. The van der Waals surface area contributed by atoms with Crippen molar-refractivity contribution < 1.29 is 9.15 Å². The molecule has 6 heteroatoms. The first-order chi connectivity index (χ1) is 10.6. The number of aromatic nitrogens is 1. The Morgan fingerprint density at radius 3 is 2.59 bits per heavy atom. The zero-order chi connectivity index (χ0) is 15.7. The average Bonchev–Trinajstić information content (AvgIpc) is 2.91. The summed E-state index contributed by atoms with van der Waals surface area (Å²) in [7, 11) is 0. The Kier molecular flexibility index (Phi) is 4.06. The summed E-state index contributed by atoms with van der Waals surface area (Å²) >= 11 is 6.18. The van der Waals surface area contributed by atoms with Gasteiger partial charge < -0.3 is 14.1 Å². The van der Waals surface area contributed by atoms with E-state index in [1.807, 2.05) is 36.9 Å². The van der Waals surface area contributed by atoms with Gasteiger partial charge in [-0.3, -0.25) is 0 Å². The predicted molar refractivity (Wildman–Crippen MR) is 83.9 cm³/mol. The van der Waals surface area contributed by atoms with Crippen LogP contribution in [0.1, 0.15) is 19.5 Å². The summed E-state index contributed by atoms with van der Waals surface area (Å²) in [6.07, 6.45) is 0.147. The first-order valence-corrected chi connectivity index (χ1v) is 7.52. The highest BCUT2D eigenvalue weighted by atomic mass is 35.5. The molecule has 1 fully saturated rings. The fourth-order valence-electron chi connectivity index (χ4n) is 2.69. The predicted octanol–water partition coefficient (Wildman–Crippen LogP) is 3.48. The molecule has 2 heterocycles. The average molecular weight is 318 g/mol. The summed E-state index contributed by atoms with van der Waals surface area (Å²) in [5, 5.41) is 9.89. The van der Waals surface area contributed by atoms with Crippen LogP contribution in [0.4, 0.5) is 5.88 Å². The van der Waals surface area contributed by atoms with Crippen molar-refractivity contribution in [1.82, 2.24) is 4.98 Å². The molecular weight excluding hydrogens is 302 g/mol. The number of hydrogen-bond acceptors (Lipinski definition) is 5. The number of hydrogen-bond donors (Lipinski definition) is 0. The van der Waals surface area contributed by atoms with E-state index < -0.39 is 0 Å². The maximum atomic E-state index is 9.35. The Bertz CT molecular complexity index is 712. The van der Waals surface area contributed by atoms with Gasteiger partial charge in [0, 0.05) is 13.1 Å². The lowest BCUT2D eigenvalue weighted by Crippen LogP contribution is -2.45. The highest BCUT2D eigenvalue weighted by Crippen LogP contribution is 2.33. The van der Waals surface area contributed by atoms with Crippen molar-refractivity contribution in [3.8, 4) is 17.5 Å². The first kappa shape index (κ1) is 14.9. The van der Waals surface area contributed by atoms with E-state index in [4.69, 9.17) is 20.8 Å². The molecule has 0 N–H and O–H groups in total. The summed E-state index contributed by atoms with van der Waals surface area (Å²) in [5.41, 5.74) is 0.956. The highest BCUT2D eigenvalue weighted by Gasteiger charge is 2.28. The van der Waals surface area contributed by atoms with Crippen LogP contribution in [0.15, 0.2) is 28.7 Å². The van der Waals surface area contributed by atoms with Gasteiger partial charge in [-0.15, -0.1) is 0 Å². The van der Waals surface area contributed by atoms with E-state index >= 15 is 0 Å². The van der Waals surface area contributed by atoms with E-state index in [0.29, 0.717) is 35.5 Å². The van der Waals surface area contributed by atoms with Gasteiger partial charge in [0.1, 0.15) is 6.07 Å². The lowest BCUT2D eigenvalue weighted by molar-refractivity contribution is -0.00638. The second kappa shape index (κ2) is 5.99. The molecule has 0 amide bonds. The van der Waals surface area contributed by atoms with Crippen LogP contribution in [0, 0.1) is 11.3 Å². The quantitative estimate of drug-likeness (QED) is 0.848. The normalized spacial score (nSPS) is 21.6. The third-order valence-electron chi connectivity index (χ3n) is 3.53. The minimum absolute atomic E-state index is 0.0733. The molecule has 0 radical (unpaired) electrons. The minimum atomic E-state index is 0.0733. The van der Waals surface area contributed by atoms with Gasteiger partial charge in [0.15, 0.2) is 0 Å². The number of oxazole rings is 1. The summed E-state index contributed by atoms with van der Waals surface area (Å²) in [6, 6.07) is 9.39. The number of ether oxygens (including phenoxy) is 1. The summed E-state index contributed by atoms with van der Waals surface area (Å²) in [6.45, 7) is 5.33. The molecule has 0 saturated carbocycles. The number of anilines is 1. The van der Waals surface area contributed by atoms with Crippen molar-refractivity contribution >= 4 is 17.5 Å². The molecule has 1 aromatic carbocycles. The van der Waals surface area contributed by atoms with E-state index in [1.165, 1.54) is 0 Å². The smallest absolute Gasteiger partial charge is 0.235 e. The zero-order valence-corrected chi connectivity index (χ0v) is 13.2. The number of morpholine rings is 1. The molecule has 2 aromatic rings. The Morgan fingerprint density at radius 2 is 1.95 bits per heavy atom. The van der Waals surface area contributed by atoms with Crippen LogP contribution >= 0.6 is 11.6 Å². The Balaban J connectivity index is 1.99. The number of halogens is 1. The summed E-state index contributed by atoms with van der Waals surface area (Å²) in [4.78, 5) is 6.30. The third-order valence-corrected chi connectivity index (χ3v) is 3.86. The van der Waals surface area contributed by atoms with E-state index in [0.717, 1.165) is 0 Å². The lowest BCUT2D eigenvalue weighted by atomic mass is 10.2. The molecule has 1 aliphatic rings. The molecule has 2 atom stereocenters. The maximum absolute atomic E-state index is 9.35. The van der Waals surface area contributed by atoms with Crippen molar-refractivity contribution in [3.63, 3.8) is 0 Å². The molecule has 0 unspecified atom stereocenters. The van der Waals surface area contributed by atoms with Gasteiger partial charge in [0.25, 0.3) is 0 Å². The molecule has 0 spiro atoms. The van der Waals surface area contributed by atoms with Crippen LogP contribution in [0.2, 0.25) is 5.02 Å². The van der Waals surface area contributed by atoms with Crippen molar-refractivity contribution in [2.24, 2.45) is 0 Å². The maximum Gasteiger partial charge on any atom is 0.235 e. The lowest BCUT2D eigenvalue weighted by Gasteiger charge is -2.34. The molecule has 3 rings (SSSR count). The molecule has 114 valence electrons. The van der Waals surface area contributed by atoms with Crippen LogP contribution in [-0.4, -0.2) is 30.3 Å². The van der Waals surface area contributed by atoms with Gasteiger partial charge in [-0.05, 0) is 26.0 Å². The van der Waals surface area contributed by atoms with Crippen LogP contribution in [-0.2, 0) is 4.74 Å². The second-order valence-electron chi connectivity index (χ2n) is 5.43. The van der Waals surface area contributed by atoms with Crippen molar-refractivity contribution in [2.45, 2.75) is 26.1 Å². The molecule has 0 bridgehead atoms. The highest BCUT2D eigenvalue weighted by molar-refractivity contribution is 6.33. The standard InChI is InChI=1S/C16H16ClN3O2/c1-10-8-20(9-11(2)21-10)16-14(7-18)19-15(22-16)12-5-3-4-6-13(12)17/h3-6,10-11H,8-9H2,1-2H3/t10-,11+. The Hall–Kier alpha value is -2.03. The van der Waals surface area contributed by atoms with Crippen molar-refractivity contribution in [3.05, 3.63) is 35.0 Å². The zero-order valence-electron chi connectivity index (χ0n) is 12.4. The van der Waals surface area contributed by atoms with Crippen LogP contribution < -0.4 is 4.90 Å². The largest absolute Gasteiger partial charge is 0.419 e. The third kappa shape index (κ3) is 2.80. The summed E-state index contributed by atoms with van der Waals surface area (Å²) in [5.74, 6) is 0.850. The SMILES string of the molecule is C[C@@H]1CN(c2oc(-c3ccccc3Cl)nc2C#N)C[C@H](C)O1. The monoisotopic (exact) mass is 317 g/mol. The van der Waals surface area contributed by atoms with Crippen LogP contribution in [0.25, 0.3) is 11.5 Å². The molecule has 1 aliphatic heterocycles. The first-order valence-electron chi connectivity index (χ1n) is 7.14. The van der Waals surface area contributed by atoms with E-state index in [1.54, 1.807) is 6.07 Å². The number of nitriles is 1. The molecule has 0 aliphatic carbocycles. The summed E-state index contributed by atoms with van der Waals surface area (Å²) < 4.78 is 11.6. The van der Waals surface area contributed by atoms with Gasteiger partial charge in [-0.1, -0.05) is 23.7 Å². The van der Waals surface area contributed by atoms with Gasteiger partial charge >= 0.3 is 0 Å². The number of nitrogens with zero attached hydrogens (tertiary/aromatic N) is 3. The molecule has 22 heavy (non-hydrogen) atoms. The molecule has 5 nitrogen and oxygen atoms in total. The van der Waals surface area contributed by atoms with Crippen molar-refractivity contribution in [2.75, 3.05) is 18.0 Å². The topological polar surface area (TPSA) is 62.3 Å². The van der Waals surface area contributed by atoms with Crippen LogP contribution in [0.5, 0.6) is 0 Å². The van der Waals surface area contributed by atoms with Gasteiger partial charge in [-0.2, -0.15) is 10.2 Å². The second-order valence-corrected chi connectivity index (χ2v) is 5.83.